The van der Waals surface area contributed by atoms with Gasteiger partial charge in [0.15, 0.2) is 0 Å². The van der Waals surface area contributed by atoms with Gasteiger partial charge < -0.3 is 10.2 Å². The van der Waals surface area contributed by atoms with Crippen LogP contribution in [-0.4, -0.2) is 28.5 Å². The van der Waals surface area contributed by atoms with Crippen LogP contribution in [0.3, 0.4) is 0 Å². The van der Waals surface area contributed by atoms with Crippen molar-refractivity contribution in [2.45, 2.75) is 31.7 Å². The third-order valence-corrected chi connectivity index (χ3v) is 4.23. The van der Waals surface area contributed by atoms with Gasteiger partial charge in [0.25, 0.3) is 0 Å². The van der Waals surface area contributed by atoms with Crippen LogP contribution in [0.25, 0.3) is 0 Å². The third-order valence-electron chi connectivity index (χ3n) is 2.93. The number of furan rings is 1. The Morgan fingerprint density at radius 3 is 3.06 bits per heavy atom. The minimum absolute atomic E-state index is 0.355. The quantitative estimate of drug-likeness (QED) is 0.878. The maximum absolute atomic E-state index is 5.67. The monoisotopic (exact) mass is 240 g/mol. The molecule has 2 heterocycles. The van der Waals surface area contributed by atoms with Crippen molar-refractivity contribution in [1.29, 1.82) is 0 Å². The summed E-state index contributed by atoms with van der Waals surface area (Å²) < 4.78 is 5.85. The van der Waals surface area contributed by atoms with E-state index in [1.165, 1.54) is 5.75 Å². The largest absolute Gasteiger partial charge is 0.468 e. The SMILES string of the molecule is CC1(C)CN(Cc2occc2CN)CCS1. The summed E-state index contributed by atoms with van der Waals surface area (Å²) in [6.07, 6.45) is 1.74. The van der Waals surface area contributed by atoms with E-state index in [0.29, 0.717) is 11.3 Å². The van der Waals surface area contributed by atoms with Crippen LogP contribution in [0.2, 0.25) is 0 Å². The van der Waals surface area contributed by atoms with Gasteiger partial charge >= 0.3 is 0 Å². The molecule has 1 aromatic heterocycles. The van der Waals surface area contributed by atoms with Crippen molar-refractivity contribution in [2.24, 2.45) is 5.73 Å². The molecular formula is C12H20N2OS. The van der Waals surface area contributed by atoms with E-state index < -0.39 is 0 Å². The predicted octanol–water partition coefficient (Wildman–Crippen LogP) is 2.07. The van der Waals surface area contributed by atoms with Crippen LogP contribution in [0, 0.1) is 0 Å². The first kappa shape index (κ1) is 12.0. The Morgan fingerprint density at radius 2 is 2.38 bits per heavy atom. The molecule has 0 radical (unpaired) electrons. The molecule has 0 amide bonds. The highest BCUT2D eigenvalue weighted by molar-refractivity contribution is 8.00. The van der Waals surface area contributed by atoms with E-state index in [4.69, 9.17) is 10.2 Å². The molecule has 0 spiro atoms. The predicted molar refractivity (Wildman–Crippen MR) is 68.4 cm³/mol. The maximum atomic E-state index is 5.67. The molecule has 0 unspecified atom stereocenters. The van der Waals surface area contributed by atoms with Crippen molar-refractivity contribution in [3.8, 4) is 0 Å². The Kier molecular flexibility index (Phi) is 3.62. The highest BCUT2D eigenvalue weighted by Gasteiger charge is 2.27. The summed E-state index contributed by atoms with van der Waals surface area (Å²) in [7, 11) is 0. The highest BCUT2D eigenvalue weighted by atomic mass is 32.2. The molecule has 1 saturated heterocycles. The number of rotatable bonds is 3. The molecular weight excluding hydrogens is 220 g/mol. The third kappa shape index (κ3) is 2.81. The van der Waals surface area contributed by atoms with E-state index in [9.17, 15) is 0 Å². The zero-order chi connectivity index (χ0) is 11.6. The van der Waals surface area contributed by atoms with Gasteiger partial charge in [0.05, 0.1) is 12.8 Å². The molecule has 0 bridgehead atoms. The molecule has 2 N–H and O–H groups in total. The van der Waals surface area contributed by atoms with E-state index in [2.05, 4.69) is 18.7 Å². The van der Waals surface area contributed by atoms with E-state index in [-0.39, 0.29) is 0 Å². The first-order valence-corrected chi connectivity index (χ1v) is 6.71. The van der Waals surface area contributed by atoms with Crippen LogP contribution in [0.1, 0.15) is 25.2 Å². The van der Waals surface area contributed by atoms with Gasteiger partial charge in [-0.1, -0.05) is 0 Å². The number of nitrogens with zero attached hydrogens (tertiary/aromatic N) is 1. The first-order chi connectivity index (χ1) is 7.61. The second-order valence-electron chi connectivity index (χ2n) is 4.89. The van der Waals surface area contributed by atoms with Gasteiger partial charge in [0.1, 0.15) is 5.76 Å². The lowest BCUT2D eigenvalue weighted by molar-refractivity contribution is 0.232. The number of nitrogens with two attached hydrogens (primary N) is 1. The Balaban J connectivity index is 1.99. The minimum atomic E-state index is 0.355. The standard InChI is InChI=1S/C12H20N2OS/c1-12(2)9-14(4-6-16-12)8-11-10(7-13)3-5-15-11/h3,5H,4,6-9,13H2,1-2H3. The van der Waals surface area contributed by atoms with Crippen LogP contribution in [0.4, 0.5) is 0 Å². The van der Waals surface area contributed by atoms with Crippen LogP contribution >= 0.6 is 11.8 Å². The summed E-state index contributed by atoms with van der Waals surface area (Å²) in [6.45, 7) is 8.31. The Morgan fingerprint density at radius 1 is 1.56 bits per heavy atom. The van der Waals surface area contributed by atoms with Gasteiger partial charge in [-0.3, -0.25) is 4.90 Å². The van der Waals surface area contributed by atoms with Gasteiger partial charge in [-0.2, -0.15) is 11.8 Å². The van der Waals surface area contributed by atoms with Crippen LogP contribution in [0.5, 0.6) is 0 Å². The molecule has 3 nitrogen and oxygen atoms in total. The second kappa shape index (κ2) is 4.82. The molecule has 16 heavy (non-hydrogen) atoms. The molecule has 0 aliphatic carbocycles. The van der Waals surface area contributed by atoms with E-state index in [1.807, 2.05) is 17.8 Å². The normalized spacial score (nSPS) is 21.2. The van der Waals surface area contributed by atoms with Gasteiger partial charge in [-0.15, -0.1) is 0 Å². The molecule has 1 aliphatic rings. The topological polar surface area (TPSA) is 42.4 Å². The summed E-state index contributed by atoms with van der Waals surface area (Å²) in [6, 6.07) is 1.97. The zero-order valence-electron chi connectivity index (χ0n) is 10.0. The fraction of sp³-hybridized carbons (Fsp3) is 0.667. The van der Waals surface area contributed by atoms with Gasteiger partial charge in [0.2, 0.25) is 0 Å². The fourth-order valence-electron chi connectivity index (χ4n) is 2.14. The Labute approximate surface area is 101 Å². The van der Waals surface area contributed by atoms with Gasteiger partial charge in [-0.05, 0) is 19.9 Å². The lowest BCUT2D eigenvalue weighted by atomic mass is 10.1. The van der Waals surface area contributed by atoms with Gasteiger partial charge in [-0.25, -0.2) is 0 Å². The summed E-state index contributed by atoms with van der Waals surface area (Å²) in [5.74, 6) is 2.23. The average Bonchev–Trinajstić information content (AvgIpc) is 2.63. The Hall–Kier alpha value is -0.450. The number of hydrogen-bond donors (Lipinski definition) is 1. The summed E-state index contributed by atoms with van der Waals surface area (Å²) in [5.41, 5.74) is 6.81. The lowest BCUT2D eigenvalue weighted by Gasteiger charge is -2.37. The van der Waals surface area contributed by atoms with Crippen molar-refractivity contribution in [3.05, 3.63) is 23.7 Å². The van der Waals surface area contributed by atoms with E-state index in [1.54, 1.807) is 6.26 Å². The molecule has 0 atom stereocenters. The molecule has 2 rings (SSSR count). The first-order valence-electron chi connectivity index (χ1n) is 5.72. The van der Waals surface area contributed by atoms with Gasteiger partial charge in [0, 0.05) is 35.7 Å². The zero-order valence-corrected chi connectivity index (χ0v) is 10.8. The molecule has 1 aliphatic heterocycles. The average molecular weight is 240 g/mol. The second-order valence-corrected chi connectivity index (χ2v) is 6.69. The summed E-state index contributed by atoms with van der Waals surface area (Å²) in [4.78, 5) is 2.45. The molecule has 4 heteroatoms. The smallest absolute Gasteiger partial charge is 0.122 e. The van der Waals surface area contributed by atoms with E-state index in [0.717, 1.165) is 31.0 Å². The highest BCUT2D eigenvalue weighted by Crippen LogP contribution is 2.30. The van der Waals surface area contributed by atoms with Crippen molar-refractivity contribution in [1.82, 2.24) is 4.90 Å². The molecule has 0 saturated carbocycles. The van der Waals surface area contributed by atoms with Crippen LogP contribution in [-0.2, 0) is 13.1 Å². The van der Waals surface area contributed by atoms with Crippen molar-refractivity contribution < 1.29 is 4.42 Å². The summed E-state index contributed by atoms with van der Waals surface area (Å²) >= 11 is 2.05. The molecule has 1 aromatic rings. The summed E-state index contributed by atoms with van der Waals surface area (Å²) in [5, 5.41) is 0. The van der Waals surface area contributed by atoms with Crippen molar-refractivity contribution in [3.63, 3.8) is 0 Å². The van der Waals surface area contributed by atoms with Crippen molar-refractivity contribution >= 4 is 11.8 Å². The molecule has 1 fully saturated rings. The molecule has 90 valence electrons. The number of thioether (sulfide) groups is 1. The maximum Gasteiger partial charge on any atom is 0.122 e. The number of hydrogen-bond acceptors (Lipinski definition) is 4. The minimum Gasteiger partial charge on any atom is -0.468 e. The van der Waals surface area contributed by atoms with E-state index >= 15 is 0 Å². The van der Waals surface area contributed by atoms with Crippen LogP contribution < -0.4 is 5.73 Å². The Bertz CT molecular complexity index is 349. The molecule has 0 aromatic carbocycles. The van der Waals surface area contributed by atoms with Crippen LogP contribution in [0.15, 0.2) is 16.7 Å². The lowest BCUT2D eigenvalue weighted by Crippen LogP contribution is -2.42. The fourth-order valence-corrected chi connectivity index (χ4v) is 3.32. The van der Waals surface area contributed by atoms with Crippen molar-refractivity contribution in [2.75, 3.05) is 18.8 Å².